The van der Waals surface area contributed by atoms with Crippen LogP contribution in [-0.2, 0) is 17.8 Å². The molecule has 0 radical (unpaired) electrons. The fourth-order valence-corrected chi connectivity index (χ4v) is 3.67. The van der Waals surface area contributed by atoms with E-state index in [1.54, 1.807) is 11.8 Å². The zero-order valence-corrected chi connectivity index (χ0v) is 13.0. The molecule has 0 aromatic heterocycles. The van der Waals surface area contributed by atoms with Crippen molar-refractivity contribution in [2.75, 3.05) is 6.54 Å². The van der Waals surface area contributed by atoms with Crippen molar-refractivity contribution in [3.05, 3.63) is 65.7 Å². The van der Waals surface area contributed by atoms with Crippen molar-refractivity contribution in [2.24, 2.45) is 0 Å². The number of nitrogens with zero attached hydrogens (tertiary/aromatic N) is 1. The normalized spacial score (nSPS) is 15.4. The van der Waals surface area contributed by atoms with Crippen LogP contribution in [0, 0.1) is 0 Å². The molecule has 0 bridgehead atoms. The Balaban J connectivity index is 1.66. The summed E-state index contributed by atoms with van der Waals surface area (Å²) in [6.45, 7) is 3.57. The number of benzene rings is 2. The molecule has 1 amide bonds. The van der Waals surface area contributed by atoms with E-state index in [9.17, 15) is 4.79 Å². The number of carbonyl (C=O) groups is 1. The predicted octanol–water partition coefficient (Wildman–Crippen LogP) is 3.75. The van der Waals surface area contributed by atoms with E-state index >= 15 is 0 Å². The predicted molar refractivity (Wildman–Crippen MR) is 87.3 cm³/mol. The molecular formula is C18H19NOS. The van der Waals surface area contributed by atoms with Crippen LogP contribution >= 0.6 is 11.8 Å². The minimum Gasteiger partial charge on any atom is -0.337 e. The van der Waals surface area contributed by atoms with Crippen LogP contribution in [0.4, 0.5) is 0 Å². The third kappa shape index (κ3) is 3.30. The molecule has 2 aromatic rings. The van der Waals surface area contributed by atoms with E-state index in [-0.39, 0.29) is 11.2 Å². The summed E-state index contributed by atoms with van der Waals surface area (Å²) in [5.74, 6) is 0.235. The van der Waals surface area contributed by atoms with E-state index in [1.165, 1.54) is 11.1 Å². The van der Waals surface area contributed by atoms with Crippen LogP contribution in [0.25, 0.3) is 0 Å². The molecule has 1 aliphatic heterocycles. The second-order valence-electron chi connectivity index (χ2n) is 5.35. The first-order valence-corrected chi connectivity index (χ1v) is 8.19. The maximum absolute atomic E-state index is 12.6. The molecule has 0 fully saturated rings. The summed E-state index contributed by atoms with van der Waals surface area (Å²) in [4.78, 5) is 15.8. The lowest BCUT2D eigenvalue weighted by Gasteiger charge is -2.30. The highest BCUT2D eigenvalue weighted by molar-refractivity contribution is 8.00. The quantitative estimate of drug-likeness (QED) is 0.804. The summed E-state index contributed by atoms with van der Waals surface area (Å²) < 4.78 is 0. The van der Waals surface area contributed by atoms with Crippen LogP contribution in [0.5, 0.6) is 0 Å². The maximum Gasteiger partial charge on any atom is 0.236 e. The summed E-state index contributed by atoms with van der Waals surface area (Å²) in [5, 5.41) is -0.0438. The molecule has 1 heterocycles. The lowest BCUT2D eigenvalue weighted by molar-refractivity contribution is -0.131. The van der Waals surface area contributed by atoms with Gasteiger partial charge in [-0.3, -0.25) is 4.79 Å². The van der Waals surface area contributed by atoms with E-state index < -0.39 is 0 Å². The number of rotatable bonds is 3. The highest BCUT2D eigenvalue weighted by atomic mass is 32.2. The second kappa shape index (κ2) is 6.35. The Bertz CT molecular complexity index is 626. The zero-order chi connectivity index (χ0) is 14.7. The maximum atomic E-state index is 12.6. The van der Waals surface area contributed by atoms with E-state index in [0.717, 1.165) is 24.4 Å². The van der Waals surface area contributed by atoms with Crippen LogP contribution in [0.15, 0.2) is 59.5 Å². The smallest absolute Gasteiger partial charge is 0.236 e. The van der Waals surface area contributed by atoms with Crippen molar-refractivity contribution < 1.29 is 4.79 Å². The van der Waals surface area contributed by atoms with Gasteiger partial charge in [-0.1, -0.05) is 42.5 Å². The Hall–Kier alpha value is -1.74. The molecule has 21 heavy (non-hydrogen) atoms. The molecular weight excluding hydrogens is 278 g/mol. The second-order valence-corrected chi connectivity index (χ2v) is 6.77. The molecule has 0 N–H and O–H groups in total. The standard InChI is InChI=1S/C18H19NOS/c1-14(21-17-9-3-2-4-10-17)18(20)19-12-11-15-7-5-6-8-16(15)13-19/h2-10,14H,11-13H2,1H3/t14-/m1/s1. The van der Waals surface area contributed by atoms with Gasteiger partial charge in [0.25, 0.3) is 0 Å². The SMILES string of the molecule is C[C@@H](Sc1ccccc1)C(=O)N1CCc2ccccc2C1. The first-order chi connectivity index (χ1) is 10.2. The average Bonchev–Trinajstić information content (AvgIpc) is 2.54. The van der Waals surface area contributed by atoms with Crippen molar-refractivity contribution in [1.82, 2.24) is 4.90 Å². The van der Waals surface area contributed by atoms with Crippen molar-refractivity contribution in [2.45, 2.75) is 30.0 Å². The Kier molecular flexibility index (Phi) is 4.30. The minimum atomic E-state index is -0.0438. The van der Waals surface area contributed by atoms with Crippen LogP contribution < -0.4 is 0 Å². The first-order valence-electron chi connectivity index (χ1n) is 7.31. The van der Waals surface area contributed by atoms with Crippen LogP contribution in [0.3, 0.4) is 0 Å². The number of carbonyl (C=O) groups excluding carboxylic acids is 1. The van der Waals surface area contributed by atoms with Gasteiger partial charge in [0.05, 0.1) is 5.25 Å². The van der Waals surface area contributed by atoms with E-state index in [1.807, 2.05) is 30.0 Å². The summed E-state index contributed by atoms with van der Waals surface area (Å²) in [7, 11) is 0. The fraction of sp³-hybridized carbons (Fsp3) is 0.278. The minimum absolute atomic E-state index is 0.0438. The Morgan fingerprint density at radius 2 is 1.71 bits per heavy atom. The van der Waals surface area contributed by atoms with Crippen LogP contribution in [0.2, 0.25) is 0 Å². The molecule has 0 saturated heterocycles. The van der Waals surface area contributed by atoms with Gasteiger partial charge in [-0.15, -0.1) is 11.8 Å². The summed E-state index contributed by atoms with van der Waals surface area (Å²) in [5.41, 5.74) is 2.67. The molecule has 1 aliphatic rings. The zero-order valence-electron chi connectivity index (χ0n) is 12.2. The Labute approximate surface area is 130 Å². The van der Waals surface area contributed by atoms with Gasteiger partial charge in [0.15, 0.2) is 0 Å². The molecule has 108 valence electrons. The van der Waals surface area contributed by atoms with Crippen molar-refractivity contribution in [3.8, 4) is 0 Å². The van der Waals surface area contributed by atoms with Gasteiger partial charge >= 0.3 is 0 Å². The van der Waals surface area contributed by atoms with Gasteiger partial charge in [-0.05, 0) is 36.6 Å². The Morgan fingerprint density at radius 1 is 1.05 bits per heavy atom. The third-order valence-electron chi connectivity index (χ3n) is 3.85. The van der Waals surface area contributed by atoms with Gasteiger partial charge < -0.3 is 4.90 Å². The highest BCUT2D eigenvalue weighted by Gasteiger charge is 2.24. The molecule has 1 atom stereocenters. The number of thioether (sulfide) groups is 1. The number of amides is 1. The fourth-order valence-electron chi connectivity index (χ4n) is 2.69. The highest BCUT2D eigenvalue weighted by Crippen LogP contribution is 2.26. The number of hydrogen-bond acceptors (Lipinski definition) is 2. The Morgan fingerprint density at radius 3 is 2.48 bits per heavy atom. The lowest BCUT2D eigenvalue weighted by atomic mass is 10.00. The number of hydrogen-bond donors (Lipinski definition) is 0. The molecule has 0 spiro atoms. The van der Waals surface area contributed by atoms with Gasteiger partial charge in [-0.2, -0.15) is 0 Å². The summed E-state index contributed by atoms with van der Waals surface area (Å²) in [6, 6.07) is 18.5. The molecule has 3 heteroatoms. The van der Waals surface area contributed by atoms with Gasteiger partial charge in [0.2, 0.25) is 5.91 Å². The van der Waals surface area contributed by atoms with E-state index in [0.29, 0.717) is 0 Å². The average molecular weight is 297 g/mol. The third-order valence-corrected chi connectivity index (χ3v) is 4.95. The summed E-state index contributed by atoms with van der Waals surface area (Å²) in [6.07, 6.45) is 0.963. The molecule has 2 nitrogen and oxygen atoms in total. The van der Waals surface area contributed by atoms with Crippen molar-refractivity contribution in [3.63, 3.8) is 0 Å². The molecule has 2 aromatic carbocycles. The van der Waals surface area contributed by atoms with Gasteiger partial charge in [-0.25, -0.2) is 0 Å². The molecule has 3 rings (SSSR count). The largest absolute Gasteiger partial charge is 0.337 e. The molecule has 0 saturated carbocycles. The molecule has 0 aliphatic carbocycles. The lowest BCUT2D eigenvalue weighted by Crippen LogP contribution is -2.40. The summed E-state index contributed by atoms with van der Waals surface area (Å²) >= 11 is 1.64. The van der Waals surface area contributed by atoms with Crippen molar-refractivity contribution in [1.29, 1.82) is 0 Å². The van der Waals surface area contributed by atoms with Crippen LogP contribution in [-0.4, -0.2) is 22.6 Å². The van der Waals surface area contributed by atoms with Gasteiger partial charge in [0.1, 0.15) is 0 Å². The van der Waals surface area contributed by atoms with E-state index in [2.05, 4.69) is 36.4 Å². The van der Waals surface area contributed by atoms with Crippen LogP contribution in [0.1, 0.15) is 18.1 Å². The topological polar surface area (TPSA) is 20.3 Å². The molecule has 0 unspecified atom stereocenters. The monoisotopic (exact) mass is 297 g/mol. The van der Waals surface area contributed by atoms with Gasteiger partial charge in [0, 0.05) is 18.0 Å². The van der Waals surface area contributed by atoms with Crippen molar-refractivity contribution >= 4 is 17.7 Å². The van der Waals surface area contributed by atoms with E-state index in [4.69, 9.17) is 0 Å². The number of fused-ring (bicyclic) bond motifs is 1. The first kappa shape index (κ1) is 14.2.